The van der Waals surface area contributed by atoms with E-state index in [1.807, 2.05) is 12.1 Å². The van der Waals surface area contributed by atoms with E-state index in [1.54, 1.807) is 58.2 Å². The zero-order chi connectivity index (χ0) is 25.6. The van der Waals surface area contributed by atoms with Crippen LogP contribution in [0.2, 0.25) is 0 Å². The zero-order valence-corrected chi connectivity index (χ0v) is 23.9. The Hall–Kier alpha value is -3.09. The Balaban J connectivity index is 0.000000521. The molecule has 204 valence electrons. The largest absolute Gasteiger partial charge is 4.00 e. The average molecular weight is 570 g/mol. The Kier molecular flexibility index (Phi) is 18.3. The number of hydrogen-bond acceptors (Lipinski definition) is 0. The van der Waals surface area contributed by atoms with E-state index in [9.17, 15) is 17.6 Å². The van der Waals surface area contributed by atoms with Gasteiger partial charge in [-0.05, 0) is 99.0 Å². The smallest absolute Gasteiger partial charge is 0.375 e. The normalized spacial score (nSPS) is 12.2. The van der Waals surface area contributed by atoms with Crippen LogP contribution < -0.4 is 0 Å². The molecule has 0 unspecified atom stereocenters. The second kappa shape index (κ2) is 19.9. The molecule has 0 N–H and O–H groups in total. The second-order valence-corrected chi connectivity index (χ2v) is 8.00. The van der Waals surface area contributed by atoms with E-state index in [4.69, 9.17) is 0 Å². The minimum Gasteiger partial charge on any atom is -0.375 e. The van der Waals surface area contributed by atoms with Crippen LogP contribution in [-0.4, -0.2) is 9.13 Å². The molecule has 2 aliphatic rings. The summed E-state index contributed by atoms with van der Waals surface area (Å²) in [6.45, 7) is 0. The molecule has 0 aliphatic heterocycles. The SMILES string of the molecule is C1=CCCC1.C1=CCCC1.Fc1[c-]c(F)c(-n2cccc2)cc1.Fc1[c-]c(F)c(-n2cccc2)cc1.[CH3-].[CH3-].[Ti+4]. The minimum atomic E-state index is -0.687. The fraction of sp³-hybridized carbons (Fsp3) is 0.188. The first-order valence-electron chi connectivity index (χ1n) is 11.9. The first-order valence-corrected chi connectivity index (χ1v) is 11.9. The summed E-state index contributed by atoms with van der Waals surface area (Å²) < 4.78 is 54.3. The molecule has 0 saturated heterocycles. The number of nitrogens with zero attached hydrogens (tertiary/aromatic N) is 2. The Morgan fingerprint density at radius 3 is 1.05 bits per heavy atom. The minimum absolute atomic E-state index is 0. The summed E-state index contributed by atoms with van der Waals surface area (Å²) >= 11 is 0. The van der Waals surface area contributed by atoms with Gasteiger partial charge < -0.3 is 24.0 Å². The van der Waals surface area contributed by atoms with Gasteiger partial charge in [0, 0.05) is 23.3 Å². The monoisotopic (exact) mass is 570 g/mol. The molecule has 0 radical (unpaired) electrons. The predicted molar refractivity (Wildman–Crippen MR) is 148 cm³/mol. The van der Waals surface area contributed by atoms with Gasteiger partial charge in [-0.1, -0.05) is 24.3 Å². The third kappa shape index (κ3) is 12.5. The van der Waals surface area contributed by atoms with Gasteiger partial charge in [-0.3, -0.25) is 0 Å². The maximum Gasteiger partial charge on any atom is 4.00 e. The van der Waals surface area contributed by atoms with Gasteiger partial charge >= 0.3 is 21.7 Å². The molecule has 2 heterocycles. The van der Waals surface area contributed by atoms with Crippen LogP contribution in [-0.2, 0) is 21.7 Å². The molecule has 4 aromatic rings. The van der Waals surface area contributed by atoms with Crippen LogP contribution in [0.1, 0.15) is 38.5 Å². The summed E-state index contributed by atoms with van der Waals surface area (Å²) in [5.41, 5.74) is 0.595. The number of allylic oxidation sites excluding steroid dienone is 4. The van der Waals surface area contributed by atoms with Crippen molar-refractivity contribution in [1.82, 2.24) is 9.13 Å². The first-order chi connectivity index (χ1) is 17.5. The number of rotatable bonds is 2. The van der Waals surface area contributed by atoms with Gasteiger partial charge in [0.1, 0.15) is 0 Å². The van der Waals surface area contributed by atoms with Crippen molar-refractivity contribution < 1.29 is 39.3 Å². The molecule has 0 fully saturated rings. The van der Waals surface area contributed by atoms with Crippen molar-refractivity contribution in [3.63, 3.8) is 0 Å². The van der Waals surface area contributed by atoms with Gasteiger partial charge in [-0.15, -0.1) is 36.4 Å². The van der Waals surface area contributed by atoms with Gasteiger partial charge in [0.15, 0.2) is 0 Å². The van der Waals surface area contributed by atoms with Crippen LogP contribution in [0.3, 0.4) is 0 Å². The molecule has 0 atom stereocenters. The fourth-order valence-electron chi connectivity index (χ4n) is 3.44. The standard InChI is InChI=1S/2C10H6F2N.2C5H8.2CH3.Ti/c2*11-8-3-4-10(9(12)7-8)13-5-1-2-6-13;2*1-2-4-5-3-1;;;/h2*1-6H;2*1-2H,3-5H2;2*1H3;/q2*-1;;;2*-1;+4. The molecule has 0 spiro atoms. The predicted octanol–water partition coefficient (Wildman–Crippen LogP) is 9.46. The summed E-state index contributed by atoms with van der Waals surface area (Å²) in [5.74, 6) is -2.74. The quantitative estimate of drug-likeness (QED) is 0.0984. The van der Waals surface area contributed by atoms with Crippen molar-refractivity contribution in [3.05, 3.63) is 148 Å². The average Bonchev–Trinajstić information content (AvgIpc) is 3.69. The summed E-state index contributed by atoms with van der Waals surface area (Å²) in [4.78, 5) is 0. The molecule has 2 nitrogen and oxygen atoms in total. The molecule has 39 heavy (non-hydrogen) atoms. The fourth-order valence-corrected chi connectivity index (χ4v) is 3.44. The van der Waals surface area contributed by atoms with Crippen molar-refractivity contribution in [3.8, 4) is 11.4 Å². The van der Waals surface area contributed by atoms with E-state index in [2.05, 4.69) is 24.3 Å². The van der Waals surface area contributed by atoms with Crippen LogP contribution >= 0.6 is 0 Å². The second-order valence-electron chi connectivity index (χ2n) is 8.00. The van der Waals surface area contributed by atoms with Crippen LogP contribution in [0, 0.1) is 50.3 Å². The molecular weight excluding hydrogens is 536 g/mol. The molecule has 0 amide bonds. The Morgan fingerprint density at radius 1 is 0.513 bits per heavy atom. The molecule has 2 aromatic heterocycles. The van der Waals surface area contributed by atoms with E-state index >= 15 is 0 Å². The van der Waals surface area contributed by atoms with Crippen molar-refractivity contribution >= 4 is 0 Å². The number of halogens is 4. The van der Waals surface area contributed by atoms with E-state index in [0.717, 1.165) is 0 Å². The van der Waals surface area contributed by atoms with Crippen LogP contribution in [0.25, 0.3) is 11.4 Å². The maximum atomic E-state index is 13.1. The number of hydrogen-bond donors (Lipinski definition) is 0. The van der Waals surface area contributed by atoms with Gasteiger partial charge in [-0.2, -0.15) is 0 Å². The summed E-state index contributed by atoms with van der Waals surface area (Å²) in [5, 5.41) is 0. The molecule has 0 saturated carbocycles. The summed E-state index contributed by atoms with van der Waals surface area (Å²) in [6, 6.07) is 16.1. The zero-order valence-electron chi connectivity index (χ0n) is 22.4. The van der Waals surface area contributed by atoms with Crippen molar-refractivity contribution in [2.24, 2.45) is 0 Å². The Bertz CT molecular complexity index is 1120. The van der Waals surface area contributed by atoms with E-state index in [-0.39, 0.29) is 36.6 Å². The van der Waals surface area contributed by atoms with Gasteiger partial charge in [0.25, 0.3) is 0 Å². The maximum absolute atomic E-state index is 13.1. The van der Waals surface area contributed by atoms with Crippen molar-refractivity contribution in [1.29, 1.82) is 0 Å². The van der Waals surface area contributed by atoms with Crippen molar-refractivity contribution in [2.75, 3.05) is 0 Å². The van der Waals surface area contributed by atoms with Gasteiger partial charge in [0.05, 0.1) is 0 Å². The third-order valence-corrected chi connectivity index (χ3v) is 5.26. The van der Waals surface area contributed by atoms with Gasteiger partial charge in [-0.25, -0.2) is 17.6 Å². The van der Waals surface area contributed by atoms with Crippen LogP contribution in [0.5, 0.6) is 0 Å². The summed E-state index contributed by atoms with van der Waals surface area (Å²) in [6.07, 6.45) is 23.7. The molecule has 6 rings (SSSR count). The third-order valence-electron chi connectivity index (χ3n) is 5.26. The molecule has 7 heteroatoms. The number of aromatic nitrogens is 2. The van der Waals surface area contributed by atoms with E-state index in [0.29, 0.717) is 11.4 Å². The molecule has 2 aliphatic carbocycles. The number of benzene rings is 2. The molecular formula is C32H34F4N2Ti. The molecule has 0 bridgehead atoms. The molecule has 2 aromatic carbocycles. The van der Waals surface area contributed by atoms with Crippen LogP contribution in [0.15, 0.2) is 97.6 Å². The van der Waals surface area contributed by atoms with Crippen LogP contribution in [0.4, 0.5) is 17.6 Å². The van der Waals surface area contributed by atoms with Crippen molar-refractivity contribution in [2.45, 2.75) is 38.5 Å². The first kappa shape index (κ1) is 35.9. The van der Waals surface area contributed by atoms with E-state index < -0.39 is 23.3 Å². The Morgan fingerprint density at radius 2 is 0.821 bits per heavy atom. The topological polar surface area (TPSA) is 9.86 Å². The van der Waals surface area contributed by atoms with Gasteiger partial charge in [0.2, 0.25) is 0 Å². The van der Waals surface area contributed by atoms with E-state index in [1.165, 1.54) is 62.8 Å². The summed E-state index contributed by atoms with van der Waals surface area (Å²) in [7, 11) is 0. The Labute approximate surface area is 245 Å².